The summed E-state index contributed by atoms with van der Waals surface area (Å²) in [4.78, 5) is 11.7. The summed E-state index contributed by atoms with van der Waals surface area (Å²) in [7, 11) is 0. The summed E-state index contributed by atoms with van der Waals surface area (Å²) in [6.45, 7) is 0. The zero-order chi connectivity index (χ0) is 12.9. The predicted octanol–water partition coefficient (Wildman–Crippen LogP) is 2.77. The summed E-state index contributed by atoms with van der Waals surface area (Å²) in [6.07, 6.45) is 4.97. The highest BCUT2D eigenvalue weighted by Gasteiger charge is 2.47. The van der Waals surface area contributed by atoms with Gasteiger partial charge in [-0.05, 0) is 25.0 Å². The summed E-state index contributed by atoms with van der Waals surface area (Å²) in [5.74, 6) is 0.766. The van der Waals surface area contributed by atoms with Crippen LogP contribution in [0, 0.1) is 11.3 Å². The maximum atomic E-state index is 9.17. The minimum atomic E-state index is -0.380. The number of aromatic nitrogens is 3. The lowest BCUT2D eigenvalue weighted by Crippen LogP contribution is -2.04. The molecule has 0 radical (unpaired) electrons. The van der Waals surface area contributed by atoms with E-state index in [0.29, 0.717) is 0 Å². The van der Waals surface area contributed by atoms with E-state index >= 15 is 0 Å². The van der Waals surface area contributed by atoms with Gasteiger partial charge >= 0.3 is 0 Å². The van der Waals surface area contributed by atoms with Crippen molar-refractivity contribution in [3.8, 4) is 17.3 Å². The fraction of sp³-hybridized carbons (Fsp3) is 0.214. The second-order valence-electron chi connectivity index (χ2n) is 4.87. The Hall–Kier alpha value is -2.61. The third kappa shape index (κ3) is 1.47. The molecule has 1 aliphatic rings. The molecule has 0 saturated heterocycles. The number of aromatic amines is 1. The van der Waals surface area contributed by atoms with Crippen LogP contribution in [0.4, 0.5) is 0 Å². The van der Waals surface area contributed by atoms with E-state index in [2.05, 4.69) is 21.0 Å². The highest BCUT2D eigenvalue weighted by molar-refractivity contribution is 5.78. The van der Waals surface area contributed by atoms with Crippen LogP contribution in [0.3, 0.4) is 0 Å². The molecular formula is C14H10N4O. The number of oxazole rings is 1. The van der Waals surface area contributed by atoms with Gasteiger partial charge in [-0.25, -0.2) is 9.97 Å². The molecule has 19 heavy (non-hydrogen) atoms. The zero-order valence-electron chi connectivity index (χ0n) is 10.1. The summed E-state index contributed by atoms with van der Waals surface area (Å²) in [5.41, 5.74) is 3.08. The van der Waals surface area contributed by atoms with E-state index in [9.17, 15) is 5.26 Å². The number of nitrogens with zero attached hydrogens (tertiary/aromatic N) is 3. The first-order chi connectivity index (χ1) is 9.31. The average molecular weight is 250 g/mol. The Balaban J connectivity index is 1.78. The number of H-pyrrole nitrogens is 1. The molecule has 4 rings (SSSR count). The smallest absolute Gasteiger partial charge is 0.181 e. The molecule has 0 unspecified atom stereocenters. The molecule has 0 spiro atoms. The Kier molecular flexibility index (Phi) is 1.88. The molecule has 2 aromatic heterocycles. The Morgan fingerprint density at radius 3 is 3.00 bits per heavy atom. The predicted molar refractivity (Wildman–Crippen MR) is 68.1 cm³/mol. The molecule has 2 heterocycles. The van der Waals surface area contributed by atoms with Gasteiger partial charge in [0.2, 0.25) is 0 Å². The molecule has 1 aliphatic carbocycles. The van der Waals surface area contributed by atoms with Crippen LogP contribution in [0.2, 0.25) is 0 Å². The third-order valence-corrected chi connectivity index (χ3v) is 3.64. The van der Waals surface area contributed by atoms with Gasteiger partial charge < -0.3 is 9.40 Å². The van der Waals surface area contributed by atoms with Crippen molar-refractivity contribution in [1.82, 2.24) is 15.0 Å². The number of hydrogen-bond acceptors (Lipinski definition) is 4. The number of imidazole rings is 1. The van der Waals surface area contributed by atoms with Gasteiger partial charge in [0.1, 0.15) is 16.8 Å². The van der Waals surface area contributed by atoms with Gasteiger partial charge in [-0.2, -0.15) is 5.26 Å². The second-order valence-corrected chi connectivity index (χ2v) is 4.87. The minimum absolute atomic E-state index is 0.380. The van der Waals surface area contributed by atoms with E-state index in [-0.39, 0.29) is 5.41 Å². The van der Waals surface area contributed by atoms with Crippen LogP contribution in [-0.2, 0) is 5.41 Å². The standard InChI is InChI=1S/C14H10N4O/c15-7-14(3-4-14)13-16-6-11(18-13)9-1-2-10-12(5-9)19-8-17-10/h1-2,5-6,8H,3-4H2,(H,16,18). The van der Waals surface area contributed by atoms with Gasteiger partial charge in [0.05, 0.1) is 18.0 Å². The molecule has 5 nitrogen and oxygen atoms in total. The molecule has 0 aliphatic heterocycles. The zero-order valence-corrected chi connectivity index (χ0v) is 10.1. The van der Waals surface area contributed by atoms with Crippen molar-refractivity contribution in [2.45, 2.75) is 18.3 Å². The topological polar surface area (TPSA) is 78.5 Å². The van der Waals surface area contributed by atoms with Crippen LogP contribution in [0.25, 0.3) is 22.4 Å². The first-order valence-corrected chi connectivity index (χ1v) is 6.11. The van der Waals surface area contributed by atoms with Crippen LogP contribution >= 0.6 is 0 Å². The van der Waals surface area contributed by atoms with Gasteiger partial charge in [-0.15, -0.1) is 0 Å². The number of fused-ring (bicyclic) bond motifs is 1. The summed E-state index contributed by atoms with van der Waals surface area (Å²) >= 11 is 0. The van der Waals surface area contributed by atoms with Crippen molar-refractivity contribution in [2.24, 2.45) is 0 Å². The van der Waals surface area contributed by atoms with Crippen LogP contribution in [0.5, 0.6) is 0 Å². The highest BCUT2D eigenvalue weighted by Crippen LogP contribution is 2.46. The molecule has 1 fully saturated rings. The van der Waals surface area contributed by atoms with Gasteiger partial charge in [0, 0.05) is 5.56 Å². The number of benzene rings is 1. The third-order valence-electron chi connectivity index (χ3n) is 3.64. The monoisotopic (exact) mass is 250 g/mol. The van der Waals surface area contributed by atoms with Crippen LogP contribution in [0.15, 0.2) is 35.2 Å². The maximum Gasteiger partial charge on any atom is 0.181 e. The lowest BCUT2D eigenvalue weighted by molar-refractivity contribution is 0.602. The fourth-order valence-electron chi connectivity index (χ4n) is 2.26. The molecule has 0 atom stereocenters. The van der Waals surface area contributed by atoms with E-state index < -0.39 is 0 Å². The number of nitrogens with one attached hydrogen (secondary N) is 1. The molecule has 1 aromatic carbocycles. The Morgan fingerprint density at radius 1 is 1.32 bits per heavy atom. The average Bonchev–Trinajstić information content (AvgIpc) is 2.90. The Bertz CT molecular complexity index is 804. The van der Waals surface area contributed by atoms with E-state index in [4.69, 9.17) is 4.42 Å². The van der Waals surface area contributed by atoms with Crippen molar-refractivity contribution in [3.05, 3.63) is 36.6 Å². The number of nitriles is 1. The fourth-order valence-corrected chi connectivity index (χ4v) is 2.26. The largest absolute Gasteiger partial charge is 0.443 e. The highest BCUT2D eigenvalue weighted by atomic mass is 16.3. The van der Waals surface area contributed by atoms with Gasteiger partial charge in [-0.1, -0.05) is 6.07 Å². The lowest BCUT2D eigenvalue weighted by atomic mass is 10.1. The van der Waals surface area contributed by atoms with Crippen molar-refractivity contribution in [1.29, 1.82) is 5.26 Å². The lowest BCUT2D eigenvalue weighted by Gasteiger charge is -2.00. The number of hydrogen-bond donors (Lipinski definition) is 1. The van der Waals surface area contributed by atoms with Crippen LogP contribution in [0.1, 0.15) is 18.7 Å². The minimum Gasteiger partial charge on any atom is -0.443 e. The van der Waals surface area contributed by atoms with Crippen LogP contribution in [-0.4, -0.2) is 15.0 Å². The molecule has 1 N–H and O–H groups in total. The summed E-state index contributed by atoms with van der Waals surface area (Å²) in [5, 5.41) is 9.17. The van der Waals surface area contributed by atoms with Crippen LogP contribution < -0.4 is 0 Å². The Morgan fingerprint density at radius 2 is 2.21 bits per heavy atom. The SMILES string of the molecule is N#CC1(c2ncc(-c3ccc4ncoc4c3)[nH]2)CC1. The van der Waals surface area contributed by atoms with E-state index in [1.165, 1.54) is 6.39 Å². The van der Waals surface area contributed by atoms with E-state index in [1.807, 2.05) is 18.2 Å². The molecule has 3 aromatic rings. The first kappa shape index (κ1) is 10.3. The van der Waals surface area contributed by atoms with Crippen molar-refractivity contribution >= 4 is 11.1 Å². The van der Waals surface area contributed by atoms with Gasteiger partial charge in [0.25, 0.3) is 0 Å². The summed E-state index contributed by atoms with van der Waals surface area (Å²) in [6, 6.07) is 8.13. The quantitative estimate of drug-likeness (QED) is 0.758. The molecule has 0 amide bonds. The van der Waals surface area contributed by atoms with Crippen molar-refractivity contribution in [2.75, 3.05) is 0 Å². The normalized spacial score (nSPS) is 16.4. The van der Waals surface area contributed by atoms with Crippen molar-refractivity contribution in [3.63, 3.8) is 0 Å². The number of rotatable bonds is 2. The van der Waals surface area contributed by atoms with E-state index in [0.717, 1.165) is 41.0 Å². The Labute approximate surface area is 108 Å². The summed E-state index contributed by atoms with van der Waals surface area (Å²) < 4.78 is 5.29. The first-order valence-electron chi connectivity index (χ1n) is 6.11. The van der Waals surface area contributed by atoms with Crippen molar-refractivity contribution < 1.29 is 4.42 Å². The molecule has 1 saturated carbocycles. The molecule has 92 valence electrons. The molecule has 0 bridgehead atoms. The second kappa shape index (κ2) is 3.45. The molecule has 5 heteroatoms. The van der Waals surface area contributed by atoms with E-state index in [1.54, 1.807) is 6.20 Å². The molecular weight excluding hydrogens is 240 g/mol. The maximum absolute atomic E-state index is 9.17. The van der Waals surface area contributed by atoms with Gasteiger partial charge in [-0.3, -0.25) is 0 Å². The van der Waals surface area contributed by atoms with Gasteiger partial charge in [0.15, 0.2) is 12.0 Å².